The highest BCUT2D eigenvalue weighted by atomic mass is 16.2. The van der Waals surface area contributed by atoms with Crippen molar-refractivity contribution in [1.82, 2.24) is 15.1 Å². The molecule has 0 aromatic heterocycles. The van der Waals surface area contributed by atoms with Crippen LogP contribution in [-0.2, 0) is 9.59 Å². The first kappa shape index (κ1) is 19.7. The molecule has 1 saturated heterocycles. The molecular weight excluding hydrogens is 326 g/mol. The van der Waals surface area contributed by atoms with Crippen molar-refractivity contribution in [2.75, 3.05) is 32.7 Å². The molecule has 3 fully saturated rings. The third-order valence-electron chi connectivity index (χ3n) is 6.91. The molecule has 0 aromatic rings. The molecule has 2 aliphatic carbocycles. The van der Waals surface area contributed by atoms with Crippen molar-refractivity contribution in [3.63, 3.8) is 0 Å². The molecule has 1 heterocycles. The van der Waals surface area contributed by atoms with Crippen LogP contribution in [0.5, 0.6) is 0 Å². The Kier molecular flexibility index (Phi) is 6.96. The van der Waals surface area contributed by atoms with Gasteiger partial charge in [0.25, 0.3) is 0 Å². The molecule has 5 heteroatoms. The lowest BCUT2D eigenvalue weighted by Gasteiger charge is -2.42. The van der Waals surface area contributed by atoms with Crippen molar-refractivity contribution in [3.8, 4) is 0 Å². The molecule has 3 rings (SSSR count). The molecule has 5 nitrogen and oxygen atoms in total. The van der Waals surface area contributed by atoms with Crippen LogP contribution in [-0.4, -0.2) is 60.4 Å². The highest BCUT2D eigenvalue weighted by molar-refractivity contribution is 5.82. The van der Waals surface area contributed by atoms with E-state index in [0.29, 0.717) is 17.7 Å². The maximum absolute atomic E-state index is 13.0. The van der Waals surface area contributed by atoms with Crippen LogP contribution >= 0.6 is 0 Å². The van der Waals surface area contributed by atoms with Gasteiger partial charge in [-0.3, -0.25) is 14.5 Å². The predicted molar refractivity (Wildman–Crippen MR) is 104 cm³/mol. The summed E-state index contributed by atoms with van der Waals surface area (Å²) in [5.41, 5.74) is 0. The van der Waals surface area contributed by atoms with Crippen molar-refractivity contribution in [2.45, 2.75) is 71.3 Å². The first-order valence-electron chi connectivity index (χ1n) is 10.9. The molecular formula is C21H37N3O2. The Morgan fingerprint density at radius 1 is 1.00 bits per heavy atom. The second-order valence-electron chi connectivity index (χ2n) is 8.74. The Balaban J connectivity index is 1.56. The summed E-state index contributed by atoms with van der Waals surface area (Å²) >= 11 is 0. The zero-order valence-corrected chi connectivity index (χ0v) is 16.7. The van der Waals surface area contributed by atoms with Crippen LogP contribution in [0.2, 0.25) is 0 Å². The van der Waals surface area contributed by atoms with Gasteiger partial charge in [0, 0.05) is 38.6 Å². The first-order chi connectivity index (χ1) is 12.6. The first-order valence-corrected chi connectivity index (χ1v) is 10.9. The van der Waals surface area contributed by atoms with Gasteiger partial charge in [-0.25, -0.2) is 0 Å². The van der Waals surface area contributed by atoms with Crippen molar-refractivity contribution in [2.24, 2.45) is 17.8 Å². The third-order valence-corrected chi connectivity index (χ3v) is 6.91. The van der Waals surface area contributed by atoms with Gasteiger partial charge in [0.15, 0.2) is 0 Å². The molecule has 2 atom stereocenters. The van der Waals surface area contributed by atoms with E-state index in [1.54, 1.807) is 0 Å². The third kappa shape index (κ3) is 4.59. The summed E-state index contributed by atoms with van der Waals surface area (Å²) in [4.78, 5) is 29.9. The second kappa shape index (κ2) is 9.20. The molecule has 3 aliphatic rings. The second-order valence-corrected chi connectivity index (χ2v) is 8.74. The van der Waals surface area contributed by atoms with E-state index >= 15 is 0 Å². The fraction of sp³-hybridized carbons (Fsp3) is 0.905. The summed E-state index contributed by atoms with van der Waals surface area (Å²) in [6.07, 6.45) is 9.28. The smallest absolute Gasteiger partial charge is 0.237 e. The SMILES string of the molecule is CCC(C)CNC(=O)C(C1CCCC1)N1CCN(C(=O)C2CCC2)CC1. The molecule has 2 saturated carbocycles. The molecule has 26 heavy (non-hydrogen) atoms. The molecule has 2 amide bonds. The minimum Gasteiger partial charge on any atom is -0.354 e. The molecule has 0 bridgehead atoms. The van der Waals surface area contributed by atoms with E-state index in [1.165, 1.54) is 32.1 Å². The summed E-state index contributed by atoms with van der Waals surface area (Å²) < 4.78 is 0. The van der Waals surface area contributed by atoms with Crippen LogP contribution in [0, 0.1) is 17.8 Å². The van der Waals surface area contributed by atoms with Gasteiger partial charge < -0.3 is 10.2 Å². The number of carbonyl (C=O) groups is 2. The number of amides is 2. The lowest BCUT2D eigenvalue weighted by Crippen LogP contribution is -2.59. The minimum absolute atomic E-state index is 0.00232. The quantitative estimate of drug-likeness (QED) is 0.756. The van der Waals surface area contributed by atoms with Gasteiger partial charge >= 0.3 is 0 Å². The van der Waals surface area contributed by atoms with Crippen LogP contribution in [0.25, 0.3) is 0 Å². The van der Waals surface area contributed by atoms with Gasteiger partial charge in [-0.15, -0.1) is 0 Å². The number of nitrogens with zero attached hydrogens (tertiary/aromatic N) is 2. The van der Waals surface area contributed by atoms with E-state index in [2.05, 4.69) is 24.1 Å². The molecule has 0 radical (unpaired) electrons. The molecule has 0 aromatic carbocycles. The van der Waals surface area contributed by atoms with Crippen LogP contribution in [0.4, 0.5) is 0 Å². The standard InChI is InChI=1S/C21H37N3O2/c1-3-16(2)15-22-20(25)19(17-7-4-5-8-17)23-11-13-24(14-12-23)21(26)18-9-6-10-18/h16-19H,3-15H2,1-2H3,(H,22,25). The number of rotatable bonds is 7. The Hall–Kier alpha value is -1.10. The van der Waals surface area contributed by atoms with Gasteiger partial charge in [-0.1, -0.05) is 39.5 Å². The average Bonchev–Trinajstić information content (AvgIpc) is 3.13. The van der Waals surface area contributed by atoms with Crippen molar-refractivity contribution < 1.29 is 9.59 Å². The summed E-state index contributed by atoms with van der Waals surface area (Å²) in [5, 5.41) is 3.22. The number of piperazine rings is 1. The van der Waals surface area contributed by atoms with Gasteiger partial charge in [-0.05, 0) is 37.5 Å². The maximum Gasteiger partial charge on any atom is 0.237 e. The zero-order valence-electron chi connectivity index (χ0n) is 16.7. The monoisotopic (exact) mass is 363 g/mol. The summed E-state index contributed by atoms with van der Waals surface area (Å²) in [6.45, 7) is 8.40. The fourth-order valence-electron chi connectivity index (χ4n) is 4.61. The van der Waals surface area contributed by atoms with Gasteiger partial charge in [-0.2, -0.15) is 0 Å². The van der Waals surface area contributed by atoms with Crippen LogP contribution < -0.4 is 5.32 Å². The highest BCUT2D eigenvalue weighted by Crippen LogP contribution is 2.32. The molecule has 1 aliphatic heterocycles. The van der Waals surface area contributed by atoms with E-state index in [4.69, 9.17) is 0 Å². The van der Waals surface area contributed by atoms with E-state index in [1.807, 2.05) is 4.90 Å². The van der Waals surface area contributed by atoms with Crippen LogP contribution in [0.1, 0.15) is 65.2 Å². The van der Waals surface area contributed by atoms with Crippen molar-refractivity contribution in [3.05, 3.63) is 0 Å². The van der Waals surface area contributed by atoms with Crippen LogP contribution in [0.3, 0.4) is 0 Å². The molecule has 0 spiro atoms. The van der Waals surface area contributed by atoms with E-state index in [9.17, 15) is 9.59 Å². The Labute approximate surface area is 158 Å². The molecule has 2 unspecified atom stereocenters. The number of carbonyl (C=O) groups excluding carboxylic acids is 2. The van der Waals surface area contributed by atoms with E-state index < -0.39 is 0 Å². The summed E-state index contributed by atoms with van der Waals surface area (Å²) in [6, 6.07) is 0.00232. The fourth-order valence-corrected chi connectivity index (χ4v) is 4.61. The van der Waals surface area contributed by atoms with Crippen LogP contribution in [0.15, 0.2) is 0 Å². The van der Waals surface area contributed by atoms with Gasteiger partial charge in [0.1, 0.15) is 0 Å². The normalized spacial score (nSPS) is 24.9. The Bertz CT molecular complexity index is 478. The number of hydrogen-bond acceptors (Lipinski definition) is 3. The van der Waals surface area contributed by atoms with E-state index in [-0.39, 0.29) is 17.9 Å². The van der Waals surface area contributed by atoms with E-state index in [0.717, 1.165) is 52.0 Å². The molecule has 1 N–H and O–H groups in total. The zero-order chi connectivity index (χ0) is 18.5. The van der Waals surface area contributed by atoms with Gasteiger partial charge in [0.05, 0.1) is 6.04 Å². The highest BCUT2D eigenvalue weighted by Gasteiger charge is 2.38. The predicted octanol–water partition coefficient (Wildman–Crippen LogP) is 2.65. The largest absolute Gasteiger partial charge is 0.354 e. The van der Waals surface area contributed by atoms with Crippen molar-refractivity contribution >= 4 is 11.8 Å². The Morgan fingerprint density at radius 2 is 1.65 bits per heavy atom. The van der Waals surface area contributed by atoms with Crippen molar-refractivity contribution in [1.29, 1.82) is 0 Å². The number of nitrogens with one attached hydrogen (secondary N) is 1. The topological polar surface area (TPSA) is 52.7 Å². The summed E-state index contributed by atoms with van der Waals surface area (Å²) in [7, 11) is 0. The van der Waals surface area contributed by atoms with Gasteiger partial charge in [0.2, 0.25) is 11.8 Å². The average molecular weight is 364 g/mol. The minimum atomic E-state index is 0.00232. The maximum atomic E-state index is 13.0. The number of hydrogen-bond donors (Lipinski definition) is 1. The summed E-state index contributed by atoms with van der Waals surface area (Å²) in [5.74, 6) is 1.87. The molecule has 148 valence electrons. The Morgan fingerprint density at radius 3 is 2.19 bits per heavy atom. The lowest BCUT2D eigenvalue weighted by atomic mass is 9.84. The lowest BCUT2D eigenvalue weighted by molar-refractivity contribution is -0.141.